The maximum atomic E-state index is 12.4. The molecule has 1 fully saturated rings. The van der Waals surface area contributed by atoms with Crippen molar-refractivity contribution in [2.24, 2.45) is 10.9 Å². The normalized spacial score (nSPS) is 24.3. The molecule has 2 heterocycles. The number of carbonyl (C=O) groups is 1. The lowest BCUT2D eigenvalue weighted by Crippen LogP contribution is -2.44. The molecule has 3 unspecified atom stereocenters. The van der Waals surface area contributed by atoms with Crippen LogP contribution < -0.4 is 14.8 Å². The SMILES string of the molecule is COc1ccc(C2CC(C)NCC2C2=NC(=O)c3ccc(OC)cc32)cc1. The summed E-state index contributed by atoms with van der Waals surface area (Å²) in [6.07, 6.45) is 0.990. The van der Waals surface area contributed by atoms with Crippen LogP contribution in [0.5, 0.6) is 11.5 Å². The van der Waals surface area contributed by atoms with E-state index in [1.54, 1.807) is 14.2 Å². The van der Waals surface area contributed by atoms with Crippen molar-refractivity contribution in [2.75, 3.05) is 20.8 Å². The third kappa shape index (κ3) is 3.23. The van der Waals surface area contributed by atoms with Gasteiger partial charge in [-0.1, -0.05) is 12.1 Å². The van der Waals surface area contributed by atoms with Gasteiger partial charge in [0.05, 0.1) is 25.5 Å². The summed E-state index contributed by atoms with van der Waals surface area (Å²) >= 11 is 0. The molecule has 0 spiro atoms. The van der Waals surface area contributed by atoms with Crippen molar-refractivity contribution in [3.63, 3.8) is 0 Å². The molecule has 0 aromatic heterocycles. The van der Waals surface area contributed by atoms with Crippen LogP contribution in [0.1, 0.15) is 40.7 Å². The zero-order valence-corrected chi connectivity index (χ0v) is 15.9. The van der Waals surface area contributed by atoms with Gasteiger partial charge in [-0.05, 0) is 55.2 Å². The maximum Gasteiger partial charge on any atom is 0.277 e. The highest BCUT2D eigenvalue weighted by molar-refractivity contribution is 6.22. The van der Waals surface area contributed by atoms with Crippen molar-refractivity contribution in [3.05, 3.63) is 59.2 Å². The summed E-state index contributed by atoms with van der Waals surface area (Å²) < 4.78 is 10.7. The Hall–Kier alpha value is -2.66. The van der Waals surface area contributed by atoms with E-state index in [4.69, 9.17) is 9.47 Å². The average Bonchev–Trinajstić information content (AvgIpc) is 3.03. The van der Waals surface area contributed by atoms with Gasteiger partial charge in [0.2, 0.25) is 0 Å². The fourth-order valence-electron chi connectivity index (χ4n) is 4.17. The third-order valence-electron chi connectivity index (χ3n) is 5.63. The van der Waals surface area contributed by atoms with E-state index in [1.165, 1.54) is 5.56 Å². The molecule has 1 saturated heterocycles. The lowest BCUT2D eigenvalue weighted by atomic mass is 9.75. The maximum absolute atomic E-state index is 12.4. The number of carbonyl (C=O) groups excluding carboxylic acids is 1. The lowest BCUT2D eigenvalue weighted by molar-refractivity contribution is 0.101. The molecule has 0 radical (unpaired) electrons. The molecule has 4 rings (SSSR count). The van der Waals surface area contributed by atoms with E-state index in [0.29, 0.717) is 11.6 Å². The van der Waals surface area contributed by atoms with Crippen LogP contribution >= 0.6 is 0 Å². The Morgan fingerprint density at radius 1 is 0.963 bits per heavy atom. The van der Waals surface area contributed by atoms with Crippen molar-refractivity contribution < 1.29 is 14.3 Å². The molecule has 5 nitrogen and oxygen atoms in total. The van der Waals surface area contributed by atoms with Crippen LogP contribution in [0.3, 0.4) is 0 Å². The minimum atomic E-state index is -0.158. The van der Waals surface area contributed by atoms with Gasteiger partial charge < -0.3 is 14.8 Å². The molecule has 2 aromatic carbocycles. The van der Waals surface area contributed by atoms with E-state index in [9.17, 15) is 4.79 Å². The second kappa shape index (κ2) is 7.16. The number of methoxy groups -OCH3 is 2. The molecule has 2 aromatic rings. The first kappa shape index (κ1) is 17.7. The lowest BCUT2D eigenvalue weighted by Gasteiger charge is -2.36. The Labute approximate surface area is 159 Å². The van der Waals surface area contributed by atoms with Crippen molar-refractivity contribution in [1.82, 2.24) is 5.32 Å². The Kier molecular flexibility index (Phi) is 4.70. The quantitative estimate of drug-likeness (QED) is 0.903. The number of piperidine rings is 1. The Morgan fingerprint density at radius 3 is 2.37 bits per heavy atom. The molecular formula is C22H24N2O3. The summed E-state index contributed by atoms with van der Waals surface area (Å²) in [4.78, 5) is 16.9. The average molecular weight is 364 g/mol. The zero-order valence-electron chi connectivity index (χ0n) is 15.9. The first-order chi connectivity index (χ1) is 13.1. The van der Waals surface area contributed by atoms with Gasteiger partial charge in [-0.15, -0.1) is 0 Å². The summed E-state index contributed by atoms with van der Waals surface area (Å²) in [5.74, 6) is 1.85. The predicted molar refractivity (Wildman–Crippen MR) is 105 cm³/mol. The molecule has 0 aliphatic carbocycles. The number of fused-ring (bicyclic) bond motifs is 1. The molecule has 1 N–H and O–H groups in total. The van der Waals surface area contributed by atoms with Gasteiger partial charge in [-0.25, -0.2) is 4.99 Å². The Morgan fingerprint density at radius 2 is 1.67 bits per heavy atom. The van der Waals surface area contributed by atoms with E-state index in [1.807, 2.05) is 30.3 Å². The van der Waals surface area contributed by atoms with Gasteiger partial charge in [0.25, 0.3) is 5.91 Å². The standard InChI is InChI=1S/C22H24N2O3/c1-13-10-18(14-4-6-15(26-2)7-5-14)20(12-23-13)21-19-11-16(27-3)8-9-17(19)22(25)24-21/h4-9,11,13,18,20,23H,10,12H2,1-3H3. The topological polar surface area (TPSA) is 59.9 Å². The molecule has 3 atom stereocenters. The van der Waals surface area contributed by atoms with Crippen LogP contribution in [0.2, 0.25) is 0 Å². The first-order valence-corrected chi connectivity index (χ1v) is 9.29. The summed E-state index contributed by atoms with van der Waals surface area (Å²) in [5.41, 5.74) is 3.69. The van der Waals surface area contributed by atoms with E-state index >= 15 is 0 Å². The van der Waals surface area contributed by atoms with Crippen molar-refractivity contribution in [1.29, 1.82) is 0 Å². The highest BCUT2D eigenvalue weighted by Gasteiger charge is 2.37. The minimum absolute atomic E-state index is 0.131. The summed E-state index contributed by atoms with van der Waals surface area (Å²) in [7, 11) is 3.31. The summed E-state index contributed by atoms with van der Waals surface area (Å²) in [6.45, 7) is 2.99. The first-order valence-electron chi connectivity index (χ1n) is 9.29. The molecule has 2 aliphatic rings. The highest BCUT2D eigenvalue weighted by Crippen LogP contribution is 2.38. The number of rotatable bonds is 4. The van der Waals surface area contributed by atoms with Crippen LogP contribution in [0.4, 0.5) is 0 Å². The molecule has 27 heavy (non-hydrogen) atoms. The van der Waals surface area contributed by atoms with E-state index in [-0.39, 0.29) is 17.7 Å². The van der Waals surface area contributed by atoms with Gasteiger partial charge in [-0.2, -0.15) is 0 Å². The van der Waals surface area contributed by atoms with Crippen molar-refractivity contribution in [3.8, 4) is 11.5 Å². The highest BCUT2D eigenvalue weighted by atomic mass is 16.5. The number of benzene rings is 2. The van der Waals surface area contributed by atoms with Gasteiger partial charge in [0, 0.05) is 24.1 Å². The number of ether oxygens (including phenoxy) is 2. The fraction of sp³-hybridized carbons (Fsp3) is 0.364. The molecular weight excluding hydrogens is 340 g/mol. The number of nitrogens with one attached hydrogen (secondary N) is 1. The Balaban J connectivity index is 1.73. The Bertz CT molecular complexity index is 889. The second-order valence-corrected chi connectivity index (χ2v) is 7.24. The monoisotopic (exact) mass is 364 g/mol. The fourth-order valence-corrected chi connectivity index (χ4v) is 4.17. The number of hydrogen-bond donors (Lipinski definition) is 1. The van der Waals surface area contributed by atoms with Gasteiger partial charge in [0.15, 0.2) is 0 Å². The van der Waals surface area contributed by atoms with Crippen molar-refractivity contribution in [2.45, 2.75) is 25.3 Å². The number of amides is 1. The van der Waals surface area contributed by atoms with E-state index < -0.39 is 0 Å². The zero-order chi connectivity index (χ0) is 19.0. The second-order valence-electron chi connectivity index (χ2n) is 7.24. The van der Waals surface area contributed by atoms with Crippen LogP contribution in [0, 0.1) is 5.92 Å². The number of hydrogen-bond acceptors (Lipinski definition) is 4. The van der Waals surface area contributed by atoms with Crippen LogP contribution in [0.25, 0.3) is 0 Å². The summed E-state index contributed by atoms with van der Waals surface area (Å²) in [6, 6.07) is 14.2. The van der Waals surface area contributed by atoms with Gasteiger partial charge >= 0.3 is 0 Å². The molecule has 2 aliphatic heterocycles. The van der Waals surface area contributed by atoms with Crippen LogP contribution in [-0.2, 0) is 0 Å². The molecule has 5 heteroatoms. The van der Waals surface area contributed by atoms with Crippen LogP contribution in [-0.4, -0.2) is 38.4 Å². The van der Waals surface area contributed by atoms with Crippen molar-refractivity contribution >= 4 is 11.6 Å². The molecule has 0 bridgehead atoms. The number of nitrogens with zero attached hydrogens (tertiary/aromatic N) is 1. The van der Waals surface area contributed by atoms with Gasteiger partial charge in [0.1, 0.15) is 11.5 Å². The largest absolute Gasteiger partial charge is 0.497 e. The van der Waals surface area contributed by atoms with E-state index in [2.05, 4.69) is 29.4 Å². The summed E-state index contributed by atoms with van der Waals surface area (Å²) in [5, 5.41) is 3.56. The molecule has 0 saturated carbocycles. The third-order valence-corrected chi connectivity index (χ3v) is 5.63. The smallest absolute Gasteiger partial charge is 0.277 e. The van der Waals surface area contributed by atoms with Gasteiger partial charge in [-0.3, -0.25) is 4.79 Å². The minimum Gasteiger partial charge on any atom is -0.497 e. The molecule has 1 amide bonds. The predicted octanol–water partition coefficient (Wildman–Crippen LogP) is 3.43. The van der Waals surface area contributed by atoms with Crippen LogP contribution in [0.15, 0.2) is 47.5 Å². The van der Waals surface area contributed by atoms with E-state index in [0.717, 1.165) is 35.7 Å². The number of aliphatic imine (C=N–C) groups is 1. The molecule has 140 valence electrons.